The van der Waals surface area contributed by atoms with Gasteiger partial charge in [0.05, 0.1) is 0 Å². The summed E-state index contributed by atoms with van der Waals surface area (Å²) in [6.07, 6.45) is 0. The summed E-state index contributed by atoms with van der Waals surface area (Å²) in [6, 6.07) is 0.816. The van der Waals surface area contributed by atoms with Crippen LogP contribution in [0.25, 0.3) is 0 Å². The Labute approximate surface area is 89.3 Å². The Balaban J connectivity index is 2.14. The predicted octanol–water partition coefficient (Wildman–Crippen LogP) is 1.91. The van der Waals surface area contributed by atoms with Gasteiger partial charge in [-0.25, -0.2) is 0 Å². The molecule has 84 valence electrons. The van der Waals surface area contributed by atoms with Crippen molar-refractivity contribution in [2.45, 2.75) is 33.7 Å². The Morgan fingerprint density at radius 1 is 1.14 bits per heavy atom. The molecule has 14 heavy (non-hydrogen) atoms. The fourth-order valence-corrected chi connectivity index (χ4v) is 2.21. The van der Waals surface area contributed by atoms with E-state index in [9.17, 15) is 0 Å². The van der Waals surface area contributed by atoms with E-state index in [2.05, 4.69) is 44.5 Å². The molecule has 0 saturated carbocycles. The number of likely N-dealkylation sites (N-methyl/N-ethyl adjacent to an activating group) is 1. The second-order valence-electron chi connectivity index (χ2n) is 5.60. The monoisotopic (exact) mass is 198 g/mol. The molecule has 0 bridgehead atoms. The average molecular weight is 198 g/mol. The van der Waals surface area contributed by atoms with Crippen molar-refractivity contribution in [3.8, 4) is 0 Å². The van der Waals surface area contributed by atoms with E-state index in [0.29, 0.717) is 0 Å². The first-order valence-electron chi connectivity index (χ1n) is 5.91. The van der Waals surface area contributed by atoms with Crippen LogP contribution in [0.4, 0.5) is 0 Å². The molecule has 1 fully saturated rings. The summed E-state index contributed by atoms with van der Waals surface area (Å²) >= 11 is 0. The smallest absolute Gasteiger partial charge is 0.0347 e. The van der Waals surface area contributed by atoms with E-state index in [4.69, 9.17) is 0 Å². The largest absolute Gasteiger partial charge is 0.301 e. The molecule has 0 N–H and O–H groups in total. The van der Waals surface area contributed by atoms with Gasteiger partial charge >= 0.3 is 0 Å². The molecule has 0 aromatic heterocycles. The summed E-state index contributed by atoms with van der Waals surface area (Å²) in [4.78, 5) is 5.08. The van der Waals surface area contributed by atoms with Gasteiger partial charge in [0.2, 0.25) is 0 Å². The van der Waals surface area contributed by atoms with Gasteiger partial charge < -0.3 is 4.90 Å². The Kier molecular flexibility index (Phi) is 4.39. The van der Waals surface area contributed by atoms with E-state index in [1.807, 2.05) is 0 Å². The minimum atomic E-state index is 0.791. The molecule has 0 aliphatic carbocycles. The van der Waals surface area contributed by atoms with E-state index in [1.54, 1.807) is 0 Å². The summed E-state index contributed by atoms with van der Waals surface area (Å²) in [5.41, 5.74) is 0. The lowest BCUT2D eigenvalue weighted by atomic mass is 10.0. The quantitative estimate of drug-likeness (QED) is 0.666. The Bertz CT molecular complexity index is 160. The first-order valence-corrected chi connectivity index (χ1v) is 5.91. The van der Waals surface area contributed by atoms with Gasteiger partial charge in [-0.2, -0.15) is 0 Å². The fraction of sp³-hybridized carbons (Fsp3) is 1.00. The molecular formula is C12H26N2. The zero-order valence-corrected chi connectivity index (χ0v) is 10.5. The molecule has 0 radical (unpaired) electrons. The van der Waals surface area contributed by atoms with Crippen molar-refractivity contribution in [2.24, 2.45) is 11.8 Å². The van der Waals surface area contributed by atoms with E-state index in [-0.39, 0.29) is 0 Å². The highest BCUT2D eigenvalue weighted by molar-refractivity contribution is 4.87. The Morgan fingerprint density at radius 3 is 2.14 bits per heavy atom. The van der Waals surface area contributed by atoms with Gasteiger partial charge in [-0.1, -0.05) is 27.7 Å². The third kappa shape index (κ3) is 3.58. The molecule has 1 aliphatic heterocycles. The van der Waals surface area contributed by atoms with E-state index in [0.717, 1.165) is 17.9 Å². The van der Waals surface area contributed by atoms with Crippen molar-refractivity contribution < 1.29 is 0 Å². The number of nitrogens with zero attached hydrogens (tertiary/aromatic N) is 2. The highest BCUT2D eigenvalue weighted by Crippen LogP contribution is 2.16. The van der Waals surface area contributed by atoms with E-state index >= 15 is 0 Å². The summed E-state index contributed by atoms with van der Waals surface area (Å²) in [6.45, 7) is 14.2. The highest BCUT2D eigenvalue weighted by Gasteiger charge is 2.29. The molecule has 0 unspecified atom stereocenters. The highest BCUT2D eigenvalue weighted by atomic mass is 15.3. The lowest BCUT2D eigenvalue weighted by molar-refractivity contribution is 0.0357. The van der Waals surface area contributed by atoms with Gasteiger partial charge in [0.15, 0.2) is 0 Å². The van der Waals surface area contributed by atoms with Crippen molar-refractivity contribution >= 4 is 0 Å². The van der Waals surface area contributed by atoms with Crippen LogP contribution in [0.3, 0.4) is 0 Å². The molecule has 0 aromatic rings. The number of rotatable bonds is 5. The third-order valence-corrected chi connectivity index (χ3v) is 2.84. The molecule has 2 nitrogen and oxygen atoms in total. The van der Waals surface area contributed by atoms with Gasteiger partial charge in [-0.05, 0) is 18.9 Å². The molecule has 1 rings (SSSR count). The summed E-state index contributed by atoms with van der Waals surface area (Å²) in [7, 11) is 2.26. The molecule has 0 aromatic carbocycles. The maximum absolute atomic E-state index is 2.56. The van der Waals surface area contributed by atoms with E-state index < -0.39 is 0 Å². The van der Waals surface area contributed by atoms with Gasteiger partial charge in [0, 0.05) is 32.2 Å². The molecule has 0 amide bonds. The maximum Gasteiger partial charge on any atom is 0.0347 e. The van der Waals surface area contributed by atoms with Crippen LogP contribution < -0.4 is 0 Å². The van der Waals surface area contributed by atoms with Gasteiger partial charge in [-0.15, -0.1) is 0 Å². The maximum atomic E-state index is 2.56. The average Bonchev–Trinajstić information content (AvgIpc) is 1.93. The third-order valence-electron chi connectivity index (χ3n) is 2.84. The Hall–Kier alpha value is -0.0800. The molecule has 2 heteroatoms. The lowest BCUT2D eigenvalue weighted by Gasteiger charge is -2.45. The van der Waals surface area contributed by atoms with Crippen molar-refractivity contribution in [3.05, 3.63) is 0 Å². The SMILES string of the molecule is CC(C)CN1CC(N(C)CC(C)C)C1. The second kappa shape index (κ2) is 5.13. The van der Waals surface area contributed by atoms with Crippen molar-refractivity contribution in [2.75, 3.05) is 33.2 Å². The van der Waals surface area contributed by atoms with Crippen LogP contribution >= 0.6 is 0 Å². The van der Waals surface area contributed by atoms with Gasteiger partial charge in [-0.3, -0.25) is 4.90 Å². The minimum absolute atomic E-state index is 0.791. The zero-order valence-electron chi connectivity index (χ0n) is 10.5. The summed E-state index contributed by atoms with van der Waals surface area (Å²) in [5, 5.41) is 0. The second-order valence-corrected chi connectivity index (χ2v) is 5.60. The van der Waals surface area contributed by atoms with Crippen LogP contribution in [-0.2, 0) is 0 Å². The summed E-state index contributed by atoms with van der Waals surface area (Å²) in [5.74, 6) is 1.60. The molecular weight excluding hydrogens is 172 g/mol. The van der Waals surface area contributed by atoms with E-state index in [1.165, 1.54) is 26.2 Å². The lowest BCUT2D eigenvalue weighted by Crippen LogP contribution is -2.59. The molecule has 0 spiro atoms. The standard InChI is InChI=1S/C12H26N2/c1-10(2)6-13(5)12-8-14(9-12)7-11(3)4/h10-12H,6-9H2,1-5H3. The topological polar surface area (TPSA) is 6.48 Å². The summed E-state index contributed by atoms with van der Waals surface area (Å²) < 4.78 is 0. The fourth-order valence-electron chi connectivity index (χ4n) is 2.21. The molecule has 1 aliphatic rings. The van der Waals surface area contributed by atoms with Crippen molar-refractivity contribution in [1.82, 2.24) is 9.80 Å². The number of likely N-dealkylation sites (tertiary alicyclic amines) is 1. The Morgan fingerprint density at radius 2 is 1.71 bits per heavy atom. The number of hydrogen-bond acceptors (Lipinski definition) is 2. The van der Waals surface area contributed by atoms with Gasteiger partial charge in [0.1, 0.15) is 0 Å². The molecule has 1 heterocycles. The number of hydrogen-bond donors (Lipinski definition) is 0. The van der Waals surface area contributed by atoms with Crippen molar-refractivity contribution in [3.63, 3.8) is 0 Å². The first-order chi connectivity index (χ1) is 6.49. The minimum Gasteiger partial charge on any atom is -0.301 e. The van der Waals surface area contributed by atoms with Crippen LogP contribution in [0, 0.1) is 11.8 Å². The zero-order chi connectivity index (χ0) is 10.7. The van der Waals surface area contributed by atoms with Crippen LogP contribution in [-0.4, -0.2) is 49.1 Å². The molecule has 0 atom stereocenters. The normalized spacial score (nSPS) is 19.7. The first kappa shape index (κ1) is 12.0. The van der Waals surface area contributed by atoms with Crippen LogP contribution in [0.1, 0.15) is 27.7 Å². The predicted molar refractivity (Wildman–Crippen MR) is 62.5 cm³/mol. The van der Waals surface area contributed by atoms with Crippen LogP contribution in [0.2, 0.25) is 0 Å². The van der Waals surface area contributed by atoms with Gasteiger partial charge in [0.25, 0.3) is 0 Å². The van der Waals surface area contributed by atoms with Crippen LogP contribution in [0.5, 0.6) is 0 Å². The molecule has 1 saturated heterocycles. The van der Waals surface area contributed by atoms with Crippen LogP contribution in [0.15, 0.2) is 0 Å². The van der Waals surface area contributed by atoms with Crippen molar-refractivity contribution in [1.29, 1.82) is 0 Å².